The summed E-state index contributed by atoms with van der Waals surface area (Å²) < 4.78 is 0. The quantitative estimate of drug-likeness (QED) is 0.688. The molecule has 0 saturated heterocycles. The second-order valence-corrected chi connectivity index (χ2v) is 3.93. The van der Waals surface area contributed by atoms with E-state index in [-0.39, 0.29) is 0 Å². The Morgan fingerprint density at radius 3 is 2.67 bits per heavy atom. The first-order valence-corrected chi connectivity index (χ1v) is 5.47. The van der Waals surface area contributed by atoms with Crippen molar-refractivity contribution in [1.29, 1.82) is 0 Å². The lowest BCUT2D eigenvalue weighted by Gasteiger charge is -2.27. The number of anilines is 1. The van der Waals surface area contributed by atoms with Gasteiger partial charge in [-0.2, -0.15) is 0 Å². The summed E-state index contributed by atoms with van der Waals surface area (Å²) in [4.78, 5) is 13.1. The van der Waals surface area contributed by atoms with Gasteiger partial charge < -0.3 is 4.90 Å². The van der Waals surface area contributed by atoms with Gasteiger partial charge in [-0.3, -0.25) is 4.79 Å². The third-order valence-electron chi connectivity index (χ3n) is 2.81. The first-order chi connectivity index (χ1) is 7.20. The van der Waals surface area contributed by atoms with E-state index in [1.807, 2.05) is 31.3 Å². The third kappa shape index (κ3) is 2.82. The molecule has 0 fully saturated rings. The van der Waals surface area contributed by atoms with Gasteiger partial charge >= 0.3 is 0 Å². The van der Waals surface area contributed by atoms with Crippen molar-refractivity contribution in [3.8, 4) is 0 Å². The smallest absolute Gasteiger partial charge is 0.152 e. The van der Waals surface area contributed by atoms with Gasteiger partial charge in [0.25, 0.3) is 0 Å². The molecular weight excluding hydrogens is 186 g/mol. The lowest BCUT2D eigenvalue weighted by Crippen LogP contribution is -2.29. The Balaban J connectivity index is 2.89. The van der Waals surface area contributed by atoms with E-state index in [1.54, 1.807) is 0 Å². The molecule has 1 aromatic carbocycles. The number of rotatable bonds is 5. The fourth-order valence-electron chi connectivity index (χ4n) is 1.76. The van der Waals surface area contributed by atoms with Gasteiger partial charge in [-0.05, 0) is 25.5 Å². The molecule has 0 aliphatic rings. The minimum atomic E-state index is 0.469. The van der Waals surface area contributed by atoms with Crippen molar-refractivity contribution in [3.05, 3.63) is 29.8 Å². The van der Waals surface area contributed by atoms with Crippen LogP contribution in [0.25, 0.3) is 0 Å². The van der Waals surface area contributed by atoms with Gasteiger partial charge in [-0.1, -0.05) is 25.5 Å². The van der Waals surface area contributed by atoms with E-state index in [9.17, 15) is 4.79 Å². The summed E-state index contributed by atoms with van der Waals surface area (Å²) >= 11 is 0. The lowest BCUT2D eigenvalue weighted by molar-refractivity contribution is 0.112. The SMILES string of the molecule is CCCC(C)N(C)c1ccccc1C=O. The highest BCUT2D eigenvalue weighted by atomic mass is 16.1. The van der Waals surface area contributed by atoms with Crippen molar-refractivity contribution < 1.29 is 4.79 Å². The van der Waals surface area contributed by atoms with E-state index >= 15 is 0 Å². The monoisotopic (exact) mass is 205 g/mol. The van der Waals surface area contributed by atoms with Gasteiger partial charge in [0.1, 0.15) is 0 Å². The number of nitrogens with zero attached hydrogens (tertiary/aromatic N) is 1. The Kier molecular flexibility index (Phi) is 4.35. The molecule has 0 amide bonds. The molecule has 1 rings (SSSR count). The number of carbonyl (C=O) groups excluding carboxylic acids is 1. The Morgan fingerprint density at radius 2 is 2.07 bits per heavy atom. The van der Waals surface area contributed by atoms with Crippen LogP contribution in [0.4, 0.5) is 5.69 Å². The van der Waals surface area contributed by atoms with Gasteiger partial charge in [0.05, 0.1) is 0 Å². The number of hydrogen-bond acceptors (Lipinski definition) is 2. The highest BCUT2D eigenvalue weighted by Crippen LogP contribution is 2.20. The van der Waals surface area contributed by atoms with Crippen LogP contribution in [0.3, 0.4) is 0 Å². The van der Waals surface area contributed by atoms with Crippen molar-refractivity contribution >= 4 is 12.0 Å². The molecule has 1 unspecified atom stereocenters. The van der Waals surface area contributed by atoms with E-state index < -0.39 is 0 Å². The molecule has 0 aromatic heterocycles. The van der Waals surface area contributed by atoms with Crippen LogP contribution >= 0.6 is 0 Å². The molecule has 2 nitrogen and oxygen atoms in total. The average molecular weight is 205 g/mol. The highest BCUT2D eigenvalue weighted by molar-refractivity contribution is 5.84. The largest absolute Gasteiger partial charge is 0.371 e. The zero-order chi connectivity index (χ0) is 11.3. The summed E-state index contributed by atoms with van der Waals surface area (Å²) in [6, 6.07) is 8.19. The van der Waals surface area contributed by atoms with Gasteiger partial charge in [-0.25, -0.2) is 0 Å². The van der Waals surface area contributed by atoms with E-state index in [0.29, 0.717) is 6.04 Å². The topological polar surface area (TPSA) is 20.3 Å². The summed E-state index contributed by atoms with van der Waals surface area (Å²) in [6.45, 7) is 4.36. The van der Waals surface area contributed by atoms with Crippen LogP contribution < -0.4 is 4.90 Å². The molecule has 0 saturated carbocycles. The van der Waals surface area contributed by atoms with Crippen molar-refractivity contribution in [1.82, 2.24) is 0 Å². The summed E-state index contributed by atoms with van der Waals surface area (Å²) in [5, 5.41) is 0. The predicted octanol–water partition coefficient (Wildman–Crippen LogP) is 3.12. The Labute approximate surface area is 91.9 Å². The van der Waals surface area contributed by atoms with Crippen LogP contribution in [0.2, 0.25) is 0 Å². The van der Waals surface area contributed by atoms with Crippen molar-refractivity contribution in [2.24, 2.45) is 0 Å². The molecule has 0 heterocycles. The molecule has 0 radical (unpaired) electrons. The molecule has 2 heteroatoms. The lowest BCUT2D eigenvalue weighted by atomic mass is 10.1. The standard InChI is InChI=1S/C13H19NO/c1-4-7-11(2)14(3)13-9-6-5-8-12(13)10-15/h5-6,8-11H,4,7H2,1-3H3. The highest BCUT2D eigenvalue weighted by Gasteiger charge is 2.11. The maximum Gasteiger partial charge on any atom is 0.152 e. The van der Waals surface area contributed by atoms with Crippen LogP contribution in [-0.2, 0) is 0 Å². The molecule has 1 atom stereocenters. The Hall–Kier alpha value is -1.31. The second-order valence-electron chi connectivity index (χ2n) is 3.93. The molecule has 0 bridgehead atoms. The first kappa shape index (κ1) is 11.8. The van der Waals surface area contributed by atoms with Gasteiger partial charge in [0, 0.05) is 24.3 Å². The van der Waals surface area contributed by atoms with Crippen molar-refractivity contribution in [2.75, 3.05) is 11.9 Å². The molecule has 0 aliphatic heterocycles. The number of benzene rings is 1. The van der Waals surface area contributed by atoms with Gasteiger partial charge in [0.15, 0.2) is 6.29 Å². The van der Waals surface area contributed by atoms with Crippen LogP contribution in [0.5, 0.6) is 0 Å². The van der Waals surface area contributed by atoms with E-state index in [1.165, 1.54) is 0 Å². The zero-order valence-corrected chi connectivity index (χ0v) is 9.73. The van der Waals surface area contributed by atoms with Crippen LogP contribution in [-0.4, -0.2) is 19.4 Å². The van der Waals surface area contributed by atoms with E-state index in [2.05, 4.69) is 18.7 Å². The molecule has 82 valence electrons. The first-order valence-electron chi connectivity index (χ1n) is 5.47. The second kappa shape index (κ2) is 5.54. The molecule has 0 spiro atoms. The summed E-state index contributed by atoms with van der Waals surface area (Å²) in [7, 11) is 2.04. The number of carbonyl (C=O) groups is 1. The van der Waals surface area contributed by atoms with Crippen molar-refractivity contribution in [2.45, 2.75) is 32.7 Å². The maximum atomic E-state index is 10.9. The minimum Gasteiger partial charge on any atom is -0.371 e. The molecule has 0 N–H and O–H groups in total. The average Bonchev–Trinajstić information content (AvgIpc) is 2.28. The fraction of sp³-hybridized carbons (Fsp3) is 0.462. The normalized spacial score (nSPS) is 12.2. The number of para-hydroxylation sites is 1. The van der Waals surface area contributed by atoms with Crippen LogP contribution in [0.15, 0.2) is 24.3 Å². The fourth-order valence-corrected chi connectivity index (χ4v) is 1.76. The summed E-state index contributed by atoms with van der Waals surface area (Å²) in [6.07, 6.45) is 3.23. The minimum absolute atomic E-state index is 0.469. The van der Waals surface area contributed by atoms with Crippen LogP contribution in [0.1, 0.15) is 37.0 Å². The van der Waals surface area contributed by atoms with Crippen molar-refractivity contribution in [3.63, 3.8) is 0 Å². The predicted molar refractivity (Wildman–Crippen MR) is 64.6 cm³/mol. The Morgan fingerprint density at radius 1 is 1.40 bits per heavy atom. The molecular formula is C13H19NO. The maximum absolute atomic E-state index is 10.9. The Bertz CT molecular complexity index is 322. The molecule has 15 heavy (non-hydrogen) atoms. The van der Waals surface area contributed by atoms with Gasteiger partial charge in [-0.15, -0.1) is 0 Å². The summed E-state index contributed by atoms with van der Waals surface area (Å²) in [5.41, 5.74) is 1.79. The summed E-state index contributed by atoms with van der Waals surface area (Å²) in [5.74, 6) is 0. The zero-order valence-electron chi connectivity index (χ0n) is 9.73. The molecule has 0 aliphatic carbocycles. The third-order valence-corrected chi connectivity index (χ3v) is 2.81. The molecule has 1 aromatic rings. The van der Waals surface area contributed by atoms with E-state index in [0.717, 1.165) is 30.4 Å². The van der Waals surface area contributed by atoms with Crippen LogP contribution in [0, 0.1) is 0 Å². The van der Waals surface area contributed by atoms with E-state index in [4.69, 9.17) is 0 Å². The number of hydrogen-bond donors (Lipinski definition) is 0. The number of aldehydes is 1. The van der Waals surface area contributed by atoms with Gasteiger partial charge in [0.2, 0.25) is 0 Å².